The molecular weight excluding hydrogens is 491 g/mol. The Bertz CT molecular complexity index is 1300. The quantitative estimate of drug-likeness (QED) is 0.185. The van der Waals surface area contributed by atoms with Crippen LogP contribution in [0.5, 0.6) is 11.5 Å². The normalized spacial score (nSPS) is 11.2. The molecule has 174 valence electrons. The van der Waals surface area contributed by atoms with Gasteiger partial charge in [0.2, 0.25) is 5.16 Å². The molecule has 0 bridgehead atoms. The maximum Gasteiger partial charge on any atom is 0.212 e. The van der Waals surface area contributed by atoms with E-state index in [9.17, 15) is 0 Å². The summed E-state index contributed by atoms with van der Waals surface area (Å²) in [5.74, 6) is 2.71. The van der Waals surface area contributed by atoms with Crippen molar-refractivity contribution in [3.8, 4) is 11.5 Å². The molecule has 3 aromatic carbocycles. The first kappa shape index (κ1) is 24.1. The molecule has 4 aromatic rings. The summed E-state index contributed by atoms with van der Waals surface area (Å²) in [4.78, 5) is 0. The molecular formula is C25H22Cl2N4O2S. The number of hydrogen-bond donors (Lipinski definition) is 0. The standard InChI is InChI=1S/C25H22Cl2N4O2S/c1-17-29-30-25(34-16-18-6-4-3-5-7-18)31(17)28-14-19-9-11-23(24(13-19)32-2)33-15-20-8-10-21(26)22(27)12-20/h3-14H,15-16H2,1-2H3/b28-14+. The number of aryl methyl sites for hydroxylation is 1. The van der Waals surface area contributed by atoms with Crippen LogP contribution in [0.4, 0.5) is 0 Å². The summed E-state index contributed by atoms with van der Waals surface area (Å²) >= 11 is 13.7. The topological polar surface area (TPSA) is 61.5 Å². The lowest BCUT2D eigenvalue weighted by atomic mass is 10.2. The fourth-order valence-electron chi connectivity index (χ4n) is 3.08. The molecule has 0 amide bonds. The largest absolute Gasteiger partial charge is 0.493 e. The molecule has 9 heteroatoms. The van der Waals surface area contributed by atoms with Gasteiger partial charge in [0.1, 0.15) is 6.61 Å². The summed E-state index contributed by atoms with van der Waals surface area (Å²) < 4.78 is 13.2. The summed E-state index contributed by atoms with van der Waals surface area (Å²) in [5.41, 5.74) is 2.97. The second kappa shape index (κ2) is 11.4. The van der Waals surface area contributed by atoms with E-state index in [2.05, 4.69) is 27.4 Å². The molecule has 0 N–H and O–H groups in total. The first-order valence-corrected chi connectivity index (χ1v) is 12.2. The fraction of sp³-hybridized carbons (Fsp3) is 0.160. The van der Waals surface area contributed by atoms with E-state index in [1.165, 1.54) is 5.56 Å². The van der Waals surface area contributed by atoms with Gasteiger partial charge in [0.15, 0.2) is 17.3 Å². The predicted molar refractivity (Wildman–Crippen MR) is 138 cm³/mol. The van der Waals surface area contributed by atoms with Crippen LogP contribution in [-0.4, -0.2) is 28.2 Å². The van der Waals surface area contributed by atoms with Crippen LogP contribution in [0.3, 0.4) is 0 Å². The first-order valence-electron chi connectivity index (χ1n) is 10.4. The number of thioether (sulfide) groups is 1. The van der Waals surface area contributed by atoms with Gasteiger partial charge >= 0.3 is 0 Å². The van der Waals surface area contributed by atoms with Gasteiger partial charge in [-0.15, -0.1) is 10.2 Å². The highest BCUT2D eigenvalue weighted by Crippen LogP contribution is 2.30. The molecule has 0 saturated heterocycles. The average Bonchev–Trinajstić information content (AvgIpc) is 3.22. The van der Waals surface area contributed by atoms with Gasteiger partial charge in [0.05, 0.1) is 23.4 Å². The van der Waals surface area contributed by atoms with Gasteiger partial charge in [0, 0.05) is 5.75 Å². The maximum atomic E-state index is 6.09. The van der Waals surface area contributed by atoms with E-state index in [0.717, 1.165) is 22.0 Å². The van der Waals surface area contributed by atoms with Crippen LogP contribution in [0.2, 0.25) is 10.0 Å². The second-order valence-electron chi connectivity index (χ2n) is 7.31. The lowest BCUT2D eigenvalue weighted by Crippen LogP contribution is -1.99. The zero-order chi connectivity index (χ0) is 23.9. The Labute approximate surface area is 212 Å². The number of benzene rings is 3. The fourth-order valence-corrected chi connectivity index (χ4v) is 4.29. The highest BCUT2D eigenvalue weighted by atomic mass is 35.5. The summed E-state index contributed by atoms with van der Waals surface area (Å²) in [6.07, 6.45) is 1.74. The summed E-state index contributed by atoms with van der Waals surface area (Å²) in [6.45, 7) is 2.21. The van der Waals surface area contributed by atoms with Crippen molar-refractivity contribution in [3.05, 3.63) is 99.3 Å². The zero-order valence-electron chi connectivity index (χ0n) is 18.6. The van der Waals surface area contributed by atoms with E-state index < -0.39 is 0 Å². The molecule has 0 spiro atoms. The average molecular weight is 513 g/mol. The van der Waals surface area contributed by atoms with Crippen molar-refractivity contribution in [2.45, 2.75) is 24.4 Å². The van der Waals surface area contributed by atoms with Crippen molar-refractivity contribution in [3.63, 3.8) is 0 Å². The highest BCUT2D eigenvalue weighted by molar-refractivity contribution is 7.98. The van der Waals surface area contributed by atoms with Crippen LogP contribution >= 0.6 is 35.0 Å². The molecule has 0 radical (unpaired) electrons. The first-order chi connectivity index (χ1) is 16.5. The number of rotatable bonds is 9. The van der Waals surface area contributed by atoms with Crippen LogP contribution in [0.1, 0.15) is 22.5 Å². The van der Waals surface area contributed by atoms with E-state index in [0.29, 0.717) is 34.0 Å². The van der Waals surface area contributed by atoms with Crippen LogP contribution in [-0.2, 0) is 12.4 Å². The van der Waals surface area contributed by atoms with Crippen molar-refractivity contribution in [2.24, 2.45) is 5.10 Å². The highest BCUT2D eigenvalue weighted by Gasteiger charge is 2.10. The third-order valence-corrected chi connectivity index (χ3v) is 6.60. The number of halogens is 2. The lowest BCUT2D eigenvalue weighted by Gasteiger charge is -2.12. The van der Waals surface area contributed by atoms with Gasteiger partial charge in [-0.25, -0.2) is 0 Å². The Morgan fingerprint density at radius 2 is 1.76 bits per heavy atom. The number of aromatic nitrogens is 3. The van der Waals surface area contributed by atoms with Crippen LogP contribution < -0.4 is 9.47 Å². The molecule has 0 unspecified atom stereocenters. The molecule has 1 heterocycles. The van der Waals surface area contributed by atoms with Crippen LogP contribution in [0.15, 0.2) is 77.0 Å². The SMILES string of the molecule is COc1cc(/C=N/n2c(C)nnc2SCc2ccccc2)ccc1OCc1ccc(Cl)c(Cl)c1. The Balaban J connectivity index is 1.45. The maximum absolute atomic E-state index is 6.09. The Hall–Kier alpha value is -3.00. The van der Waals surface area contributed by atoms with Crippen molar-refractivity contribution in [1.29, 1.82) is 0 Å². The van der Waals surface area contributed by atoms with Gasteiger partial charge in [-0.1, -0.05) is 71.4 Å². The summed E-state index contributed by atoms with van der Waals surface area (Å²) in [6, 6.07) is 21.2. The van der Waals surface area contributed by atoms with E-state index in [1.54, 1.807) is 41.9 Å². The number of hydrogen-bond acceptors (Lipinski definition) is 6. The van der Waals surface area contributed by atoms with Gasteiger partial charge in [0.25, 0.3) is 0 Å². The number of nitrogens with zero attached hydrogens (tertiary/aromatic N) is 4. The molecule has 6 nitrogen and oxygen atoms in total. The van der Waals surface area contributed by atoms with E-state index >= 15 is 0 Å². The minimum absolute atomic E-state index is 0.336. The molecule has 0 atom stereocenters. The monoisotopic (exact) mass is 512 g/mol. The molecule has 34 heavy (non-hydrogen) atoms. The van der Waals surface area contributed by atoms with Crippen molar-refractivity contribution < 1.29 is 9.47 Å². The Kier molecular flexibility index (Phi) is 8.11. The van der Waals surface area contributed by atoms with Crippen molar-refractivity contribution >= 4 is 41.2 Å². The third-order valence-electron chi connectivity index (χ3n) is 4.87. The molecule has 0 aliphatic carbocycles. The van der Waals surface area contributed by atoms with Crippen LogP contribution in [0.25, 0.3) is 0 Å². The van der Waals surface area contributed by atoms with Crippen molar-refractivity contribution in [1.82, 2.24) is 14.9 Å². The molecule has 1 aromatic heterocycles. The lowest BCUT2D eigenvalue weighted by molar-refractivity contribution is 0.284. The molecule has 0 fully saturated rings. The Morgan fingerprint density at radius 3 is 2.53 bits per heavy atom. The molecule has 0 aliphatic heterocycles. The minimum Gasteiger partial charge on any atom is -0.493 e. The van der Waals surface area contributed by atoms with Crippen molar-refractivity contribution in [2.75, 3.05) is 7.11 Å². The number of ether oxygens (including phenoxy) is 2. The molecule has 4 rings (SSSR count). The smallest absolute Gasteiger partial charge is 0.212 e. The second-order valence-corrected chi connectivity index (χ2v) is 9.06. The molecule has 0 saturated carbocycles. The van der Waals surface area contributed by atoms with Gasteiger partial charge in [-0.05, 0) is 53.9 Å². The van der Waals surface area contributed by atoms with Gasteiger partial charge in [-0.2, -0.15) is 9.78 Å². The van der Waals surface area contributed by atoms with E-state index in [1.807, 2.05) is 49.4 Å². The van der Waals surface area contributed by atoms with E-state index in [-0.39, 0.29) is 0 Å². The Morgan fingerprint density at radius 1 is 0.941 bits per heavy atom. The summed E-state index contributed by atoms with van der Waals surface area (Å²) in [7, 11) is 1.60. The number of methoxy groups -OCH3 is 1. The van der Waals surface area contributed by atoms with Gasteiger partial charge in [-0.3, -0.25) is 0 Å². The third kappa shape index (κ3) is 6.11. The van der Waals surface area contributed by atoms with Crippen LogP contribution in [0, 0.1) is 6.92 Å². The summed E-state index contributed by atoms with van der Waals surface area (Å²) in [5, 5.41) is 14.7. The predicted octanol–water partition coefficient (Wildman–Crippen LogP) is 6.66. The minimum atomic E-state index is 0.336. The van der Waals surface area contributed by atoms with Gasteiger partial charge < -0.3 is 9.47 Å². The molecule has 0 aliphatic rings. The zero-order valence-corrected chi connectivity index (χ0v) is 20.9. The van der Waals surface area contributed by atoms with E-state index in [4.69, 9.17) is 32.7 Å².